The Morgan fingerprint density at radius 3 is 2.42 bits per heavy atom. The summed E-state index contributed by atoms with van der Waals surface area (Å²) in [6, 6.07) is 14.8. The largest absolute Gasteiger partial charge is 0.507 e. The number of benzene rings is 2. The highest BCUT2D eigenvalue weighted by Crippen LogP contribution is 2.30. The Labute approximate surface area is 113 Å². The smallest absolute Gasteiger partial charge is 0.165 e. The summed E-state index contributed by atoms with van der Waals surface area (Å²) in [5, 5.41) is 10.1. The zero-order chi connectivity index (χ0) is 13.8. The number of carbonyl (C=O) groups is 1. The molecule has 19 heavy (non-hydrogen) atoms. The van der Waals surface area contributed by atoms with Crippen molar-refractivity contribution in [3.8, 4) is 16.9 Å². The van der Waals surface area contributed by atoms with Gasteiger partial charge in [-0.3, -0.25) is 4.79 Å². The van der Waals surface area contributed by atoms with E-state index < -0.39 is 0 Å². The van der Waals surface area contributed by atoms with E-state index in [2.05, 4.69) is 0 Å². The van der Waals surface area contributed by atoms with Gasteiger partial charge < -0.3 is 5.11 Å². The van der Waals surface area contributed by atoms with E-state index in [4.69, 9.17) is 0 Å². The van der Waals surface area contributed by atoms with Crippen LogP contribution in [0.15, 0.2) is 48.5 Å². The van der Waals surface area contributed by atoms with E-state index in [1.807, 2.05) is 44.2 Å². The minimum atomic E-state index is -0.0121. The highest BCUT2D eigenvalue weighted by atomic mass is 16.3. The fourth-order valence-electron chi connectivity index (χ4n) is 2.02. The first kappa shape index (κ1) is 13.3. The molecule has 0 aliphatic carbocycles. The lowest BCUT2D eigenvalue weighted by molar-refractivity contribution is 0.0927. The van der Waals surface area contributed by atoms with Crippen LogP contribution >= 0.6 is 0 Å². The molecule has 1 atom stereocenters. The van der Waals surface area contributed by atoms with E-state index in [1.165, 1.54) is 0 Å². The number of phenols is 1. The third-order valence-electron chi connectivity index (χ3n) is 3.43. The molecule has 0 amide bonds. The number of Topliss-reactive ketones (excluding diaryl/α,β-unsaturated/α-hetero) is 1. The van der Waals surface area contributed by atoms with E-state index >= 15 is 0 Å². The van der Waals surface area contributed by atoms with Crippen molar-refractivity contribution in [1.82, 2.24) is 0 Å². The number of phenolic OH excluding ortho intramolecular Hbond substituents is 1. The van der Waals surface area contributed by atoms with Gasteiger partial charge >= 0.3 is 0 Å². The molecule has 2 nitrogen and oxygen atoms in total. The van der Waals surface area contributed by atoms with Crippen molar-refractivity contribution < 1.29 is 9.90 Å². The molecule has 0 bridgehead atoms. The van der Waals surface area contributed by atoms with Crippen LogP contribution in [-0.2, 0) is 0 Å². The second-order valence-electron chi connectivity index (χ2n) is 4.77. The molecule has 0 radical (unpaired) electrons. The van der Waals surface area contributed by atoms with Crippen molar-refractivity contribution >= 4 is 5.78 Å². The molecule has 2 rings (SSSR count). The maximum Gasteiger partial charge on any atom is 0.165 e. The summed E-state index contributed by atoms with van der Waals surface area (Å²) in [7, 11) is 0. The van der Waals surface area contributed by atoms with Crippen LogP contribution < -0.4 is 0 Å². The summed E-state index contributed by atoms with van der Waals surface area (Å²) >= 11 is 0. The quantitative estimate of drug-likeness (QED) is 0.826. The van der Waals surface area contributed by atoms with Crippen molar-refractivity contribution in [2.24, 2.45) is 5.92 Å². The fourth-order valence-corrected chi connectivity index (χ4v) is 2.02. The van der Waals surface area contributed by atoms with Gasteiger partial charge in [0, 0.05) is 17.0 Å². The third kappa shape index (κ3) is 2.84. The minimum Gasteiger partial charge on any atom is -0.507 e. The summed E-state index contributed by atoms with van der Waals surface area (Å²) in [5.74, 6) is 0.222. The van der Waals surface area contributed by atoms with Gasteiger partial charge in [-0.05, 0) is 24.1 Å². The van der Waals surface area contributed by atoms with Gasteiger partial charge in [0.15, 0.2) is 5.78 Å². The van der Waals surface area contributed by atoms with Crippen LogP contribution in [0, 0.1) is 5.92 Å². The SMILES string of the molecule is CCC(C)C(=O)c1ccc(-c2ccccc2)c(O)c1. The van der Waals surface area contributed by atoms with Crippen molar-refractivity contribution in [2.45, 2.75) is 20.3 Å². The summed E-state index contributed by atoms with van der Waals surface area (Å²) < 4.78 is 0. The first-order valence-corrected chi connectivity index (χ1v) is 6.56. The molecule has 2 aromatic rings. The van der Waals surface area contributed by atoms with Gasteiger partial charge in [-0.15, -0.1) is 0 Å². The Bertz CT molecular complexity index is 573. The predicted octanol–water partition coefficient (Wildman–Crippen LogP) is 4.29. The summed E-state index contributed by atoms with van der Waals surface area (Å²) in [5.41, 5.74) is 2.27. The molecule has 0 aromatic heterocycles. The predicted molar refractivity (Wildman–Crippen MR) is 77.3 cm³/mol. The van der Waals surface area contributed by atoms with Crippen LogP contribution in [0.4, 0.5) is 0 Å². The zero-order valence-corrected chi connectivity index (χ0v) is 11.3. The second kappa shape index (κ2) is 5.70. The first-order valence-electron chi connectivity index (χ1n) is 6.56. The van der Waals surface area contributed by atoms with Gasteiger partial charge in [0.25, 0.3) is 0 Å². The van der Waals surface area contributed by atoms with Crippen LogP contribution in [0.1, 0.15) is 30.6 Å². The highest BCUT2D eigenvalue weighted by molar-refractivity contribution is 5.98. The Balaban J connectivity index is 2.35. The molecule has 0 spiro atoms. The molecule has 0 saturated heterocycles. The van der Waals surface area contributed by atoms with Gasteiger partial charge in [-0.2, -0.15) is 0 Å². The molecule has 0 saturated carbocycles. The van der Waals surface area contributed by atoms with Crippen LogP contribution in [-0.4, -0.2) is 10.9 Å². The number of rotatable bonds is 4. The van der Waals surface area contributed by atoms with Crippen LogP contribution in [0.5, 0.6) is 5.75 Å². The number of carbonyl (C=O) groups excluding carboxylic acids is 1. The Morgan fingerprint density at radius 2 is 1.84 bits per heavy atom. The van der Waals surface area contributed by atoms with Gasteiger partial charge in [0.1, 0.15) is 5.75 Å². The van der Waals surface area contributed by atoms with Crippen molar-refractivity contribution in [3.05, 3.63) is 54.1 Å². The normalized spacial score (nSPS) is 12.1. The van der Waals surface area contributed by atoms with E-state index in [1.54, 1.807) is 18.2 Å². The van der Waals surface area contributed by atoms with Crippen LogP contribution in [0.25, 0.3) is 11.1 Å². The molecule has 98 valence electrons. The zero-order valence-electron chi connectivity index (χ0n) is 11.3. The Hall–Kier alpha value is -2.09. The number of hydrogen-bond acceptors (Lipinski definition) is 2. The molecular formula is C17H18O2. The number of ketones is 1. The summed E-state index contributed by atoms with van der Waals surface area (Å²) in [6.45, 7) is 3.89. The Kier molecular flexibility index (Phi) is 4.00. The van der Waals surface area contributed by atoms with E-state index in [0.29, 0.717) is 5.56 Å². The Morgan fingerprint density at radius 1 is 1.16 bits per heavy atom. The topological polar surface area (TPSA) is 37.3 Å². The lowest BCUT2D eigenvalue weighted by atomic mass is 9.95. The average molecular weight is 254 g/mol. The summed E-state index contributed by atoms with van der Waals surface area (Å²) in [6.07, 6.45) is 0.806. The maximum absolute atomic E-state index is 12.1. The standard InChI is InChI=1S/C17H18O2/c1-3-12(2)17(19)14-9-10-15(16(18)11-14)13-7-5-4-6-8-13/h4-12,18H,3H2,1-2H3. The van der Waals surface area contributed by atoms with Gasteiger partial charge in [-0.25, -0.2) is 0 Å². The number of aromatic hydroxyl groups is 1. The van der Waals surface area contributed by atoms with E-state index in [0.717, 1.165) is 17.5 Å². The fraction of sp³-hybridized carbons (Fsp3) is 0.235. The summed E-state index contributed by atoms with van der Waals surface area (Å²) in [4.78, 5) is 12.1. The molecule has 0 aliphatic rings. The highest BCUT2D eigenvalue weighted by Gasteiger charge is 2.15. The van der Waals surface area contributed by atoms with Gasteiger partial charge in [-0.1, -0.05) is 50.2 Å². The molecule has 0 fully saturated rings. The van der Waals surface area contributed by atoms with Crippen molar-refractivity contribution in [1.29, 1.82) is 0 Å². The van der Waals surface area contributed by atoms with Gasteiger partial charge in [0.05, 0.1) is 0 Å². The van der Waals surface area contributed by atoms with Crippen molar-refractivity contribution in [3.63, 3.8) is 0 Å². The lowest BCUT2D eigenvalue weighted by Gasteiger charge is -2.10. The molecule has 1 unspecified atom stereocenters. The van der Waals surface area contributed by atoms with E-state index in [9.17, 15) is 9.90 Å². The van der Waals surface area contributed by atoms with E-state index in [-0.39, 0.29) is 17.5 Å². The minimum absolute atomic E-state index is 0.0121. The second-order valence-corrected chi connectivity index (χ2v) is 4.77. The molecule has 0 aliphatic heterocycles. The maximum atomic E-state index is 12.1. The average Bonchev–Trinajstić information content (AvgIpc) is 2.46. The molecule has 0 heterocycles. The molecular weight excluding hydrogens is 236 g/mol. The van der Waals surface area contributed by atoms with Crippen LogP contribution in [0.3, 0.4) is 0 Å². The lowest BCUT2D eigenvalue weighted by Crippen LogP contribution is -2.09. The number of hydrogen-bond donors (Lipinski definition) is 1. The molecule has 2 aromatic carbocycles. The first-order chi connectivity index (χ1) is 9.13. The third-order valence-corrected chi connectivity index (χ3v) is 3.43. The monoisotopic (exact) mass is 254 g/mol. The van der Waals surface area contributed by atoms with Crippen LogP contribution in [0.2, 0.25) is 0 Å². The molecule has 1 N–H and O–H groups in total. The molecule has 2 heteroatoms. The van der Waals surface area contributed by atoms with Crippen molar-refractivity contribution in [2.75, 3.05) is 0 Å². The van der Waals surface area contributed by atoms with Gasteiger partial charge in [0.2, 0.25) is 0 Å².